The van der Waals surface area contributed by atoms with Crippen LogP contribution < -0.4 is 5.32 Å². The third-order valence-electron chi connectivity index (χ3n) is 4.56. The van der Waals surface area contributed by atoms with Crippen LogP contribution in [0, 0.1) is 0 Å². The predicted molar refractivity (Wildman–Crippen MR) is 108 cm³/mol. The molecule has 1 N–H and O–H groups in total. The first-order valence-electron chi connectivity index (χ1n) is 8.98. The first-order chi connectivity index (χ1) is 13.6. The van der Waals surface area contributed by atoms with Crippen molar-refractivity contribution in [2.45, 2.75) is 6.54 Å². The summed E-state index contributed by atoms with van der Waals surface area (Å²) in [5, 5.41) is 15.1. The van der Waals surface area contributed by atoms with Crippen molar-refractivity contribution in [2.75, 3.05) is 26.0 Å². The number of tetrazole rings is 1. The van der Waals surface area contributed by atoms with Crippen LogP contribution in [0.1, 0.15) is 10.4 Å². The molecular formula is C20H21N7O. The molecule has 2 aromatic carbocycles. The molecule has 8 heteroatoms. The van der Waals surface area contributed by atoms with Crippen molar-refractivity contribution in [3.05, 3.63) is 66.6 Å². The third-order valence-corrected chi connectivity index (χ3v) is 4.56. The molecule has 28 heavy (non-hydrogen) atoms. The minimum Gasteiger partial charge on any atom is -0.346 e. The second kappa shape index (κ2) is 7.61. The van der Waals surface area contributed by atoms with E-state index in [1.165, 1.54) is 11.0 Å². The van der Waals surface area contributed by atoms with E-state index < -0.39 is 0 Å². The summed E-state index contributed by atoms with van der Waals surface area (Å²) in [5.74, 6) is -0.158. The summed E-state index contributed by atoms with van der Waals surface area (Å²) < 4.78 is 3.76. The van der Waals surface area contributed by atoms with E-state index in [4.69, 9.17) is 0 Å². The second-order valence-corrected chi connectivity index (χ2v) is 6.84. The third kappa shape index (κ3) is 3.77. The topological polar surface area (TPSA) is 80.9 Å². The number of carbonyl (C=O) groups excluding carboxylic acids is 1. The highest BCUT2D eigenvalue weighted by Gasteiger charge is 2.09. The van der Waals surface area contributed by atoms with Crippen LogP contribution in [-0.4, -0.2) is 56.2 Å². The Bertz CT molecular complexity index is 1080. The van der Waals surface area contributed by atoms with Crippen molar-refractivity contribution in [1.29, 1.82) is 0 Å². The Morgan fingerprint density at radius 2 is 1.93 bits per heavy atom. The van der Waals surface area contributed by atoms with Crippen LogP contribution >= 0.6 is 0 Å². The Balaban J connectivity index is 1.47. The zero-order chi connectivity index (χ0) is 19.5. The fourth-order valence-corrected chi connectivity index (χ4v) is 3.03. The summed E-state index contributed by atoms with van der Waals surface area (Å²) in [6.07, 6.45) is 3.59. The van der Waals surface area contributed by atoms with Crippen molar-refractivity contribution in [3.63, 3.8) is 0 Å². The summed E-state index contributed by atoms with van der Waals surface area (Å²) in [6, 6.07) is 15.2. The lowest BCUT2D eigenvalue weighted by Crippen LogP contribution is -2.17. The van der Waals surface area contributed by atoms with Gasteiger partial charge in [-0.25, -0.2) is 4.68 Å². The number of anilines is 1. The van der Waals surface area contributed by atoms with E-state index in [0.29, 0.717) is 5.56 Å². The summed E-state index contributed by atoms with van der Waals surface area (Å²) in [4.78, 5) is 14.7. The maximum absolute atomic E-state index is 12.6. The number of hydrogen-bond acceptors (Lipinski definition) is 5. The van der Waals surface area contributed by atoms with Crippen molar-refractivity contribution in [1.82, 2.24) is 29.7 Å². The molecule has 0 aliphatic rings. The Labute approximate surface area is 162 Å². The number of aromatic nitrogens is 5. The molecule has 0 atom stereocenters. The lowest BCUT2D eigenvalue weighted by molar-refractivity contribution is 0.102. The highest BCUT2D eigenvalue weighted by molar-refractivity contribution is 6.05. The zero-order valence-corrected chi connectivity index (χ0v) is 15.8. The highest BCUT2D eigenvalue weighted by atomic mass is 16.1. The average molecular weight is 375 g/mol. The molecule has 0 radical (unpaired) electrons. The van der Waals surface area contributed by atoms with Crippen LogP contribution in [0.3, 0.4) is 0 Å². The molecule has 142 valence electrons. The maximum Gasteiger partial charge on any atom is 0.255 e. The number of nitrogens with one attached hydrogen (secondary N) is 1. The summed E-state index contributed by atoms with van der Waals surface area (Å²) in [6.45, 7) is 1.90. The molecule has 4 rings (SSSR count). The van der Waals surface area contributed by atoms with E-state index in [1.54, 1.807) is 24.3 Å². The van der Waals surface area contributed by atoms with Crippen LogP contribution in [0.4, 0.5) is 5.69 Å². The maximum atomic E-state index is 12.6. The number of likely N-dealkylation sites (N-methyl/N-ethyl adjacent to an activating group) is 1. The molecular weight excluding hydrogens is 354 g/mol. The zero-order valence-electron chi connectivity index (χ0n) is 15.8. The lowest BCUT2D eigenvalue weighted by atomic mass is 10.1. The van der Waals surface area contributed by atoms with Gasteiger partial charge in [-0.15, -0.1) is 5.10 Å². The first kappa shape index (κ1) is 17.9. The van der Waals surface area contributed by atoms with Gasteiger partial charge in [-0.2, -0.15) is 0 Å². The Hall–Kier alpha value is -3.52. The van der Waals surface area contributed by atoms with Crippen molar-refractivity contribution >= 4 is 22.5 Å². The van der Waals surface area contributed by atoms with Gasteiger partial charge in [0.05, 0.1) is 5.69 Å². The highest BCUT2D eigenvalue weighted by Crippen LogP contribution is 2.21. The summed E-state index contributed by atoms with van der Waals surface area (Å²) in [7, 11) is 4.13. The minimum absolute atomic E-state index is 0.158. The quantitative estimate of drug-likeness (QED) is 0.560. The number of benzene rings is 2. The van der Waals surface area contributed by atoms with Gasteiger partial charge in [0.25, 0.3) is 5.91 Å². The van der Waals surface area contributed by atoms with Crippen molar-refractivity contribution < 1.29 is 4.79 Å². The molecule has 0 bridgehead atoms. The van der Waals surface area contributed by atoms with Gasteiger partial charge in [0, 0.05) is 41.4 Å². The van der Waals surface area contributed by atoms with Gasteiger partial charge in [-0.1, -0.05) is 0 Å². The Morgan fingerprint density at radius 3 is 2.64 bits per heavy atom. The molecule has 2 heterocycles. The average Bonchev–Trinajstić information content (AvgIpc) is 3.36. The van der Waals surface area contributed by atoms with Gasteiger partial charge in [0.1, 0.15) is 6.33 Å². The van der Waals surface area contributed by atoms with Gasteiger partial charge in [-0.3, -0.25) is 4.79 Å². The molecule has 8 nitrogen and oxygen atoms in total. The molecule has 0 fully saturated rings. The van der Waals surface area contributed by atoms with Crippen molar-refractivity contribution in [3.8, 4) is 5.69 Å². The minimum atomic E-state index is -0.158. The van der Waals surface area contributed by atoms with E-state index in [0.717, 1.165) is 35.4 Å². The monoisotopic (exact) mass is 375 g/mol. The van der Waals surface area contributed by atoms with E-state index in [1.807, 2.05) is 18.2 Å². The largest absolute Gasteiger partial charge is 0.346 e. The molecule has 4 aromatic rings. The van der Waals surface area contributed by atoms with Crippen LogP contribution in [-0.2, 0) is 6.54 Å². The standard InChI is InChI=1S/C20H21N7O/c1-25(2)11-12-26-10-9-16-13-17(5-8-19(16)26)22-20(28)15-3-6-18(7-4-15)27-14-21-23-24-27/h3-10,13-14H,11-12H2,1-2H3,(H,22,28). The number of amides is 1. The van der Waals surface area contributed by atoms with E-state index in [9.17, 15) is 4.79 Å². The lowest BCUT2D eigenvalue weighted by Gasteiger charge is -2.11. The number of hydrogen-bond donors (Lipinski definition) is 1. The summed E-state index contributed by atoms with van der Waals surface area (Å²) in [5.41, 5.74) is 3.29. The number of fused-ring (bicyclic) bond motifs is 1. The van der Waals surface area contributed by atoms with Crippen LogP contribution in [0.2, 0.25) is 0 Å². The van der Waals surface area contributed by atoms with Crippen LogP contribution in [0.5, 0.6) is 0 Å². The number of nitrogens with zero attached hydrogens (tertiary/aromatic N) is 6. The predicted octanol–water partition coefficient (Wildman–Crippen LogP) is 2.43. The molecule has 0 aliphatic carbocycles. The van der Waals surface area contributed by atoms with Gasteiger partial charge < -0.3 is 14.8 Å². The molecule has 0 spiro atoms. The number of rotatable bonds is 6. The first-order valence-corrected chi connectivity index (χ1v) is 8.98. The molecule has 0 unspecified atom stereocenters. The van der Waals surface area contributed by atoms with Crippen LogP contribution in [0.15, 0.2) is 61.1 Å². The second-order valence-electron chi connectivity index (χ2n) is 6.84. The van der Waals surface area contributed by atoms with Crippen LogP contribution in [0.25, 0.3) is 16.6 Å². The van der Waals surface area contributed by atoms with Gasteiger partial charge in [0.15, 0.2) is 0 Å². The Kier molecular flexibility index (Phi) is 4.86. The molecule has 1 amide bonds. The van der Waals surface area contributed by atoms with E-state index in [2.05, 4.69) is 56.7 Å². The van der Waals surface area contributed by atoms with Gasteiger partial charge >= 0.3 is 0 Å². The van der Waals surface area contributed by atoms with Gasteiger partial charge in [-0.05, 0) is 73.1 Å². The molecule has 0 saturated heterocycles. The van der Waals surface area contributed by atoms with Gasteiger partial charge in [0.2, 0.25) is 0 Å². The smallest absolute Gasteiger partial charge is 0.255 e. The SMILES string of the molecule is CN(C)CCn1ccc2cc(NC(=O)c3ccc(-n4cnnn4)cc3)ccc21. The molecule has 2 aromatic heterocycles. The van der Waals surface area contributed by atoms with E-state index >= 15 is 0 Å². The Morgan fingerprint density at radius 1 is 1.11 bits per heavy atom. The molecule has 0 aliphatic heterocycles. The fourth-order valence-electron chi connectivity index (χ4n) is 3.03. The van der Waals surface area contributed by atoms with E-state index in [-0.39, 0.29) is 5.91 Å². The normalized spacial score (nSPS) is 11.2. The fraction of sp³-hybridized carbons (Fsp3) is 0.200. The molecule has 0 saturated carbocycles. The summed E-state index contributed by atoms with van der Waals surface area (Å²) >= 11 is 0. The number of carbonyl (C=O) groups is 1. The van der Waals surface area contributed by atoms with Crippen molar-refractivity contribution in [2.24, 2.45) is 0 Å².